The van der Waals surface area contributed by atoms with E-state index in [0.717, 1.165) is 0 Å². The summed E-state index contributed by atoms with van der Waals surface area (Å²) in [7, 11) is 1.43. The summed E-state index contributed by atoms with van der Waals surface area (Å²) < 4.78 is 17.8. The van der Waals surface area contributed by atoms with Crippen molar-refractivity contribution in [3.8, 4) is 6.01 Å². The Balaban J connectivity index is 1.91. The number of ketones is 1. The molecule has 7 heteroatoms. The van der Waals surface area contributed by atoms with Crippen molar-refractivity contribution in [1.29, 1.82) is 0 Å². The smallest absolute Gasteiger partial charge is 0.375 e. The molecule has 1 amide bonds. The Morgan fingerprint density at radius 2 is 1.83 bits per heavy atom. The van der Waals surface area contributed by atoms with Gasteiger partial charge in [-0.1, -0.05) is 0 Å². The van der Waals surface area contributed by atoms with Crippen molar-refractivity contribution >= 4 is 22.9 Å². The fourth-order valence-electron chi connectivity index (χ4n) is 2.08. The molecular weight excluding hydrogens is 301 g/mol. The molecule has 0 unspecified atom stereocenters. The van der Waals surface area contributed by atoms with Crippen LogP contribution in [0.5, 0.6) is 6.01 Å². The highest BCUT2D eigenvalue weighted by Crippen LogP contribution is 2.19. The van der Waals surface area contributed by atoms with Gasteiger partial charge in [0.25, 0.3) is 0 Å². The molecule has 3 rings (SSSR count). The number of carbonyl (C=O) groups excluding carboxylic acids is 2. The zero-order valence-electron chi connectivity index (χ0n) is 12.1. The van der Waals surface area contributed by atoms with Crippen LogP contribution in [0.1, 0.15) is 15.9 Å². The maximum Gasteiger partial charge on any atom is 0.414 e. The quantitative estimate of drug-likeness (QED) is 0.728. The number of rotatable bonds is 3. The number of benzene rings is 2. The lowest BCUT2D eigenvalue weighted by molar-refractivity contribution is 0.103. The van der Waals surface area contributed by atoms with Crippen LogP contribution in [0.15, 0.2) is 42.5 Å². The van der Waals surface area contributed by atoms with E-state index in [1.807, 2.05) is 0 Å². The van der Waals surface area contributed by atoms with E-state index >= 15 is 0 Å². The number of amides is 1. The maximum atomic E-state index is 12.9. The molecule has 2 aromatic carbocycles. The summed E-state index contributed by atoms with van der Waals surface area (Å²) in [6, 6.07) is 10.2. The Bertz CT molecular complexity index is 887. The number of aromatic nitrogens is 2. The number of ether oxygens (including phenoxy) is 1. The van der Waals surface area contributed by atoms with Gasteiger partial charge < -0.3 is 15.0 Å². The van der Waals surface area contributed by atoms with Crippen molar-refractivity contribution in [2.75, 3.05) is 7.05 Å². The maximum absolute atomic E-state index is 12.9. The van der Waals surface area contributed by atoms with Crippen LogP contribution in [0.4, 0.5) is 9.18 Å². The highest BCUT2D eigenvalue weighted by atomic mass is 19.1. The van der Waals surface area contributed by atoms with Gasteiger partial charge in [-0.2, -0.15) is 4.98 Å². The van der Waals surface area contributed by atoms with Crippen LogP contribution in [-0.2, 0) is 0 Å². The van der Waals surface area contributed by atoms with Crippen LogP contribution < -0.4 is 10.1 Å². The molecule has 116 valence electrons. The molecule has 0 radical (unpaired) electrons. The van der Waals surface area contributed by atoms with E-state index in [0.29, 0.717) is 22.2 Å². The number of imidazole rings is 1. The summed E-state index contributed by atoms with van der Waals surface area (Å²) in [5, 5.41) is 2.31. The molecule has 3 aromatic rings. The average Bonchev–Trinajstić information content (AvgIpc) is 2.96. The summed E-state index contributed by atoms with van der Waals surface area (Å²) >= 11 is 0. The number of halogens is 1. The first-order valence-corrected chi connectivity index (χ1v) is 6.76. The zero-order valence-corrected chi connectivity index (χ0v) is 12.1. The molecule has 0 spiro atoms. The van der Waals surface area contributed by atoms with E-state index < -0.39 is 11.9 Å². The van der Waals surface area contributed by atoms with Gasteiger partial charge in [0.05, 0.1) is 11.0 Å². The van der Waals surface area contributed by atoms with Crippen molar-refractivity contribution in [2.45, 2.75) is 0 Å². The van der Waals surface area contributed by atoms with Gasteiger partial charge >= 0.3 is 12.1 Å². The fraction of sp³-hybridized carbons (Fsp3) is 0.0625. The van der Waals surface area contributed by atoms with E-state index in [9.17, 15) is 14.0 Å². The lowest BCUT2D eigenvalue weighted by atomic mass is 10.0. The first kappa shape index (κ1) is 14.7. The third-order valence-corrected chi connectivity index (χ3v) is 3.22. The molecule has 6 nitrogen and oxygen atoms in total. The molecule has 0 aliphatic rings. The normalized spacial score (nSPS) is 10.5. The van der Waals surface area contributed by atoms with E-state index in [1.165, 1.54) is 31.3 Å². The van der Waals surface area contributed by atoms with Crippen LogP contribution in [0.25, 0.3) is 11.0 Å². The van der Waals surface area contributed by atoms with Gasteiger partial charge in [-0.25, -0.2) is 9.18 Å². The van der Waals surface area contributed by atoms with Crippen molar-refractivity contribution in [1.82, 2.24) is 15.3 Å². The van der Waals surface area contributed by atoms with E-state index in [2.05, 4.69) is 15.3 Å². The van der Waals surface area contributed by atoms with E-state index in [1.54, 1.807) is 18.2 Å². The molecule has 1 aromatic heterocycles. The predicted molar refractivity (Wildman–Crippen MR) is 81.0 cm³/mol. The highest BCUT2D eigenvalue weighted by molar-refractivity contribution is 6.10. The minimum absolute atomic E-state index is 0.0331. The number of hydrogen-bond acceptors (Lipinski definition) is 4. The Kier molecular flexibility index (Phi) is 3.76. The van der Waals surface area contributed by atoms with Crippen LogP contribution in [0.2, 0.25) is 0 Å². The summed E-state index contributed by atoms with van der Waals surface area (Å²) in [5.41, 5.74) is 1.89. The number of H-pyrrole nitrogens is 1. The zero-order chi connectivity index (χ0) is 16.4. The van der Waals surface area contributed by atoms with Gasteiger partial charge in [0.15, 0.2) is 5.78 Å². The Morgan fingerprint density at radius 1 is 1.13 bits per heavy atom. The van der Waals surface area contributed by atoms with Crippen molar-refractivity contribution in [2.24, 2.45) is 0 Å². The lowest BCUT2D eigenvalue weighted by Gasteiger charge is -2.01. The minimum atomic E-state index is -0.647. The number of nitrogens with zero attached hydrogens (tertiary/aromatic N) is 1. The number of carbonyl (C=O) groups is 2. The van der Waals surface area contributed by atoms with Gasteiger partial charge in [0, 0.05) is 18.2 Å². The van der Waals surface area contributed by atoms with Gasteiger partial charge in [-0.05, 0) is 42.5 Å². The van der Waals surface area contributed by atoms with Gasteiger partial charge in [0.2, 0.25) is 0 Å². The minimum Gasteiger partial charge on any atom is -0.375 e. The van der Waals surface area contributed by atoms with Crippen LogP contribution in [-0.4, -0.2) is 28.9 Å². The molecular formula is C16H12FN3O3. The third kappa shape index (κ3) is 3.03. The van der Waals surface area contributed by atoms with Crippen molar-refractivity contribution < 1.29 is 18.7 Å². The van der Waals surface area contributed by atoms with Gasteiger partial charge in [-0.3, -0.25) is 4.79 Å². The highest BCUT2D eigenvalue weighted by Gasteiger charge is 2.13. The molecule has 23 heavy (non-hydrogen) atoms. The molecule has 1 heterocycles. The molecule has 0 saturated carbocycles. The SMILES string of the molecule is CNC(=O)Oc1nc2cc(C(=O)c3ccc(F)cc3)ccc2[nH]1. The third-order valence-electron chi connectivity index (χ3n) is 3.22. The molecule has 2 N–H and O–H groups in total. The Labute approximate surface area is 130 Å². The fourth-order valence-corrected chi connectivity index (χ4v) is 2.08. The first-order chi connectivity index (χ1) is 11.1. The second kappa shape index (κ2) is 5.88. The lowest BCUT2D eigenvalue weighted by Crippen LogP contribution is -2.22. The number of hydrogen-bond donors (Lipinski definition) is 2. The summed E-state index contributed by atoms with van der Waals surface area (Å²) in [4.78, 5) is 30.5. The van der Waals surface area contributed by atoms with Crippen LogP contribution >= 0.6 is 0 Å². The first-order valence-electron chi connectivity index (χ1n) is 6.76. The monoisotopic (exact) mass is 313 g/mol. The number of nitrogens with one attached hydrogen (secondary N) is 2. The predicted octanol–water partition coefficient (Wildman–Crippen LogP) is 2.65. The second-order valence-electron chi connectivity index (χ2n) is 4.75. The number of aromatic amines is 1. The largest absolute Gasteiger partial charge is 0.414 e. The standard InChI is InChI=1S/C16H12FN3O3/c1-18-16(22)23-15-19-12-7-4-10(8-13(12)20-15)14(21)9-2-5-11(17)6-3-9/h2-8H,1H3,(H,18,22)(H,19,20). The topological polar surface area (TPSA) is 84.1 Å². The number of fused-ring (bicyclic) bond motifs is 1. The van der Waals surface area contributed by atoms with Gasteiger partial charge in [-0.15, -0.1) is 0 Å². The van der Waals surface area contributed by atoms with Crippen molar-refractivity contribution in [3.63, 3.8) is 0 Å². The molecule has 0 fully saturated rings. The summed E-state index contributed by atoms with van der Waals surface area (Å²) in [6.45, 7) is 0. The molecule has 0 atom stereocenters. The van der Waals surface area contributed by atoms with Crippen molar-refractivity contribution in [3.05, 3.63) is 59.4 Å². The van der Waals surface area contributed by atoms with Crippen LogP contribution in [0.3, 0.4) is 0 Å². The second-order valence-corrected chi connectivity index (χ2v) is 4.75. The van der Waals surface area contributed by atoms with E-state index in [4.69, 9.17) is 4.74 Å². The average molecular weight is 313 g/mol. The molecule has 0 saturated heterocycles. The molecule has 0 bridgehead atoms. The summed E-state index contributed by atoms with van der Waals surface area (Å²) in [6.07, 6.45) is -0.647. The Morgan fingerprint density at radius 3 is 2.52 bits per heavy atom. The molecule has 0 aliphatic heterocycles. The summed E-state index contributed by atoms with van der Waals surface area (Å²) in [5.74, 6) is -0.649. The molecule has 0 aliphatic carbocycles. The van der Waals surface area contributed by atoms with E-state index in [-0.39, 0.29) is 11.8 Å². The van der Waals surface area contributed by atoms with Crippen LogP contribution in [0, 0.1) is 5.82 Å². The Hall–Kier alpha value is -3.22. The van der Waals surface area contributed by atoms with Gasteiger partial charge in [0.1, 0.15) is 5.82 Å².